The lowest BCUT2D eigenvalue weighted by Crippen LogP contribution is -2.60. The van der Waals surface area contributed by atoms with Crippen molar-refractivity contribution in [2.24, 2.45) is 23.0 Å². The largest absolute Gasteiger partial charge is 0.510 e. The first-order valence-corrected chi connectivity index (χ1v) is 11.2. The Kier molecular flexibility index (Phi) is 5.51. The van der Waals surface area contributed by atoms with Crippen LogP contribution in [0.5, 0.6) is 5.75 Å². The molecule has 0 saturated heterocycles. The van der Waals surface area contributed by atoms with Crippen molar-refractivity contribution in [3.8, 4) is 5.75 Å². The van der Waals surface area contributed by atoms with Gasteiger partial charge in [-0.05, 0) is 57.5 Å². The molecule has 3 aliphatic carbocycles. The van der Waals surface area contributed by atoms with Crippen LogP contribution < -0.4 is 15.4 Å². The predicted molar refractivity (Wildman–Crippen MR) is 127 cm³/mol. The number of hydrogen-bond acceptors (Lipinski definition) is 8. The summed E-state index contributed by atoms with van der Waals surface area (Å²) < 4.78 is 5.50. The molecule has 1 aromatic rings. The average molecular weight is 470 g/mol. The molecule has 9 nitrogen and oxygen atoms in total. The Balaban J connectivity index is 2.00. The number of rotatable bonds is 4. The van der Waals surface area contributed by atoms with Crippen molar-refractivity contribution < 1.29 is 29.3 Å². The van der Waals surface area contributed by atoms with Gasteiger partial charge in [0.15, 0.2) is 11.6 Å². The molecule has 0 aromatic heterocycles. The van der Waals surface area contributed by atoms with Crippen LogP contribution in [0.15, 0.2) is 29.0 Å². The quantitative estimate of drug-likeness (QED) is 0.567. The molecule has 1 saturated carbocycles. The predicted octanol–water partition coefficient (Wildman–Crippen LogP) is 1.61. The molecule has 1 fully saturated rings. The average Bonchev–Trinajstić information content (AvgIpc) is 2.74. The molecule has 0 spiro atoms. The van der Waals surface area contributed by atoms with Crippen molar-refractivity contribution >= 4 is 28.9 Å². The third-order valence-electron chi connectivity index (χ3n) is 7.73. The smallest absolute Gasteiger partial charge is 0.255 e. The van der Waals surface area contributed by atoms with Crippen molar-refractivity contribution in [2.45, 2.75) is 25.8 Å². The summed E-state index contributed by atoms with van der Waals surface area (Å²) in [4.78, 5) is 43.0. The van der Waals surface area contributed by atoms with E-state index < -0.39 is 46.2 Å². The molecule has 4 rings (SSSR count). The Labute approximate surface area is 198 Å². The molecule has 4 atom stereocenters. The van der Waals surface area contributed by atoms with Gasteiger partial charge >= 0.3 is 0 Å². The molecule has 4 N–H and O–H groups in total. The Morgan fingerprint density at radius 1 is 1.18 bits per heavy atom. The van der Waals surface area contributed by atoms with Gasteiger partial charge in [-0.15, -0.1) is 0 Å². The lowest BCUT2D eigenvalue weighted by molar-refractivity contribution is -0.139. The number of benzene rings is 1. The molecular formula is C25H31N3O6. The highest BCUT2D eigenvalue weighted by molar-refractivity contribution is 6.24. The molecule has 3 aliphatic rings. The van der Waals surface area contributed by atoms with E-state index in [1.807, 2.05) is 25.1 Å². The summed E-state index contributed by atoms with van der Waals surface area (Å²) in [6.07, 6.45) is 0.815. The van der Waals surface area contributed by atoms with E-state index in [-0.39, 0.29) is 17.3 Å². The van der Waals surface area contributed by atoms with Crippen LogP contribution in [0.2, 0.25) is 0 Å². The van der Waals surface area contributed by atoms with Crippen LogP contribution in [-0.2, 0) is 20.8 Å². The van der Waals surface area contributed by atoms with Crippen LogP contribution in [0.1, 0.15) is 24.5 Å². The summed E-state index contributed by atoms with van der Waals surface area (Å²) >= 11 is 0. The molecule has 0 aliphatic heterocycles. The van der Waals surface area contributed by atoms with Crippen molar-refractivity contribution in [2.75, 3.05) is 40.2 Å². The third kappa shape index (κ3) is 2.99. The fourth-order valence-electron chi connectivity index (χ4n) is 6.10. The second-order valence-corrected chi connectivity index (χ2v) is 9.93. The molecule has 1 aromatic carbocycles. The molecule has 0 bridgehead atoms. The number of ketones is 2. The van der Waals surface area contributed by atoms with Gasteiger partial charge in [-0.3, -0.25) is 19.3 Å². The molecule has 34 heavy (non-hydrogen) atoms. The summed E-state index contributed by atoms with van der Waals surface area (Å²) in [5.74, 6) is -3.53. The van der Waals surface area contributed by atoms with E-state index in [4.69, 9.17) is 10.5 Å². The van der Waals surface area contributed by atoms with Gasteiger partial charge in [-0.1, -0.05) is 0 Å². The van der Waals surface area contributed by atoms with Crippen molar-refractivity contribution in [1.82, 2.24) is 4.90 Å². The van der Waals surface area contributed by atoms with E-state index in [2.05, 4.69) is 0 Å². The molecule has 0 radical (unpaired) electrons. The van der Waals surface area contributed by atoms with Crippen LogP contribution >= 0.6 is 0 Å². The molecule has 9 heteroatoms. The number of Topliss-reactive ketones (excluding diaryl/α,β-unsaturated/α-hetero) is 2. The monoisotopic (exact) mass is 469 g/mol. The molecule has 182 valence electrons. The lowest BCUT2D eigenvalue weighted by Gasteiger charge is -2.51. The fourth-order valence-corrected chi connectivity index (χ4v) is 6.10. The van der Waals surface area contributed by atoms with E-state index in [0.29, 0.717) is 24.2 Å². The molecule has 0 heterocycles. The number of allylic oxidation sites excluding steroid dienone is 2. The number of anilines is 1. The normalized spacial score (nSPS) is 28.5. The summed E-state index contributed by atoms with van der Waals surface area (Å²) in [6, 6.07) is 2.83. The van der Waals surface area contributed by atoms with Crippen molar-refractivity contribution in [3.63, 3.8) is 0 Å². The summed E-state index contributed by atoms with van der Waals surface area (Å²) in [5, 5.41) is 22.5. The van der Waals surface area contributed by atoms with Crippen molar-refractivity contribution in [3.05, 3.63) is 40.2 Å². The van der Waals surface area contributed by atoms with Gasteiger partial charge < -0.3 is 25.6 Å². The zero-order valence-electron chi connectivity index (χ0n) is 20.3. The maximum absolute atomic E-state index is 14.1. The number of aliphatic hydroxyl groups excluding tert-OH is 2. The third-order valence-corrected chi connectivity index (χ3v) is 7.73. The van der Waals surface area contributed by atoms with Gasteiger partial charge in [-0.2, -0.15) is 0 Å². The minimum Gasteiger partial charge on any atom is -0.510 e. The first-order valence-electron chi connectivity index (χ1n) is 11.2. The van der Waals surface area contributed by atoms with E-state index in [9.17, 15) is 24.6 Å². The van der Waals surface area contributed by atoms with Gasteiger partial charge in [0.1, 0.15) is 22.8 Å². The molecule has 1 amide bonds. The first kappa shape index (κ1) is 23.8. The van der Waals surface area contributed by atoms with Crippen LogP contribution in [0.25, 0.3) is 5.76 Å². The van der Waals surface area contributed by atoms with Gasteiger partial charge in [-0.25, -0.2) is 0 Å². The van der Waals surface area contributed by atoms with E-state index >= 15 is 0 Å². The second kappa shape index (κ2) is 7.87. The first-order chi connectivity index (χ1) is 15.9. The highest BCUT2D eigenvalue weighted by atomic mass is 16.5. The topological polar surface area (TPSA) is 133 Å². The van der Waals surface area contributed by atoms with E-state index in [1.165, 1.54) is 14.0 Å². The fraction of sp³-hybridized carbons (Fsp3) is 0.480. The number of nitrogens with zero attached hydrogens (tertiary/aromatic N) is 2. The van der Waals surface area contributed by atoms with E-state index in [1.54, 1.807) is 25.1 Å². The Morgan fingerprint density at radius 3 is 2.35 bits per heavy atom. The SMILES string of the molecule is COc1ccc(N(C)C)c2c1C(O)=C1C(=O)[C@]3(C)C(O)=C(C(N)=O)C(=O)[C@@H](N(C)C)[C@@H]3C[C@@H]1C2. The van der Waals surface area contributed by atoms with Crippen molar-refractivity contribution in [1.29, 1.82) is 0 Å². The minimum absolute atomic E-state index is 0.183. The number of carbonyl (C=O) groups excluding carboxylic acids is 3. The van der Waals surface area contributed by atoms with Crippen LogP contribution in [-0.4, -0.2) is 73.9 Å². The molecule has 0 unspecified atom stereocenters. The number of carbonyl (C=O) groups is 3. The lowest BCUT2D eigenvalue weighted by atomic mass is 9.53. The highest BCUT2D eigenvalue weighted by Gasteiger charge is 2.62. The number of aliphatic hydroxyl groups is 2. The minimum atomic E-state index is -1.59. The van der Waals surface area contributed by atoms with Crippen LogP contribution in [0.3, 0.4) is 0 Å². The standard InChI is InChI=1S/C25H31N3O6/c1-25-13(19(28(4)5)21(30)18(23(25)32)24(26)33)10-11-9-12-14(27(2)3)7-8-15(34-6)17(12)20(29)16(11)22(25)31/h7-8,11,13,19,29,32H,9-10H2,1-6H3,(H2,26,33)/t11-,13-,19-,25+/m0/s1. The molecular weight excluding hydrogens is 438 g/mol. The highest BCUT2D eigenvalue weighted by Crippen LogP contribution is 2.57. The number of fused-ring (bicyclic) bond motifs is 3. The number of likely N-dealkylation sites (N-methyl/N-ethyl adjacent to an activating group) is 1. The summed E-state index contributed by atoms with van der Waals surface area (Å²) in [5.41, 5.74) is 5.70. The number of primary amides is 1. The van der Waals surface area contributed by atoms with Gasteiger partial charge in [0.05, 0.1) is 24.1 Å². The number of amides is 1. The van der Waals surface area contributed by atoms with Gasteiger partial charge in [0.2, 0.25) is 0 Å². The summed E-state index contributed by atoms with van der Waals surface area (Å²) in [7, 11) is 8.69. The Hall–Kier alpha value is -3.33. The van der Waals surface area contributed by atoms with Crippen LogP contribution in [0.4, 0.5) is 5.69 Å². The number of methoxy groups -OCH3 is 1. The van der Waals surface area contributed by atoms with Gasteiger partial charge in [0, 0.05) is 31.3 Å². The zero-order valence-corrected chi connectivity index (χ0v) is 20.3. The van der Waals surface area contributed by atoms with E-state index in [0.717, 1.165) is 11.3 Å². The number of hydrogen-bond donors (Lipinski definition) is 3. The van der Waals surface area contributed by atoms with Gasteiger partial charge in [0.25, 0.3) is 5.91 Å². The maximum Gasteiger partial charge on any atom is 0.255 e. The second-order valence-electron chi connectivity index (χ2n) is 9.93. The maximum atomic E-state index is 14.1. The summed E-state index contributed by atoms with van der Waals surface area (Å²) in [6.45, 7) is 1.53. The Morgan fingerprint density at radius 2 is 1.82 bits per heavy atom. The number of nitrogens with two attached hydrogens (primary N) is 1. The zero-order chi connectivity index (χ0) is 25.3. The number of ether oxygens (including phenoxy) is 1. The Bertz CT molecular complexity index is 1180. The van der Waals surface area contributed by atoms with Crippen LogP contribution in [0, 0.1) is 17.3 Å².